The lowest BCUT2D eigenvalue weighted by atomic mass is 10.0. The third-order valence-electron chi connectivity index (χ3n) is 2.24. The van der Waals surface area contributed by atoms with E-state index in [0.717, 1.165) is 6.42 Å². The van der Waals surface area contributed by atoms with E-state index < -0.39 is 5.79 Å². The second-order valence-electron chi connectivity index (χ2n) is 3.72. The summed E-state index contributed by atoms with van der Waals surface area (Å²) in [4.78, 5) is 0. The first-order valence-electron chi connectivity index (χ1n) is 4.51. The van der Waals surface area contributed by atoms with E-state index in [0.29, 0.717) is 6.61 Å². The zero-order valence-electron chi connectivity index (χ0n) is 8.04. The summed E-state index contributed by atoms with van der Waals surface area (Å²) in [5, 5.41) is 9.00. The molecule has 1 fully saturated rings. The molecule has 0 aliphatic carbocycles. The first-order chi connectivity index (χ1) is 5.59. The highest BCUT2D eigenvalue weighted by atomic mass is 16.7. The van der Waals surface area contributed by atoms with E-state index >= 15 is 0 Å². The average Bonchev–Trinajstić information content (AvgIpc) is 2.03. The molecule has 0 radical (unpaired) electrons. The summed E-state index contributed by atoms with van der Waals surface area (Å²) in [5.74, 6) is -0.338. The summed E-state index contributed by atoms with van der Waals surface area (Å²) in [6.45, 7) is 6.62. The molecule has 0 amide bonds. The maximum absolute atomic E-state index is 9.00. The molecule has 1 saturated heterocycles. The average molecular weight is 174 g/mol. The van der Waals surface area contributed by atoms with Crippen LogP contribution in [0.15, 0.2) is 0 Å². The van der Waals surface area contributed by atoms with Gasteiger partial charge < -0.3 is 14.6 Å². The molecule has 0 spiro atoms. The zero-order valence-corrected chi connectivity index (χ0v) is 8.04. The quantitative estimate of drug-likeness (QED) is 0.682. The van der Waals surface area contributed by atoms with Crippen molar-refractivity contribution < 1.29 is 14.6 Å². The molecule has 1 aliphatic rings. The van der Waals surface area contributed by atoms with Gasteiger partial charge in [0, 0.05) is 5.92 Å². The lowest BCUT2D eigenvalue weighted by Crippen LogP contribution is -2.46. The number of ether oxygens (including phenoxy) is 2. The van der Waals surface area contributed by atoms with Crippen LogP contribution in [-0.2, 0) is 9.47 Å². The monoisotopic (exact) mass is 174 g/mol. The van der Waals surface area contributed by atoms with E-state index in [1.807, 2.05) is 13.8 Å². The molecule has 1 heterocycles. The van der Waals surface area contributed by atoms with Crippen molar-refractivity contribution in [1.82, 2.24) is 0 Å². The Kier molecular flexibility index (Phi) is 3.09. The van der Waals surface area contributed by atoms with Crippen molar-refractivity contribution in [2.75, 3.05) is 13.2 Å². The normalized spacial score (nSPS) is 35.0. The lowest BCUT2D eigenvalue weighted by Gasteiger charge is -2.40. The fourth-order valence-electron chi connectivity index (χ4n) is 1.50. The fourth-order valence-corrected chi connectivity index (χ4v) is 1.50. The smallest absolute Gasteiger partial charge is 0.163 e. The molecule has 12 heavy (non-hydrogen) atoms. The fraction of sp³-hybridized carbons (Fsp3) is 1.00. The van der Waals surface area contributed by atoms with Crippen molar-refractivity contribution in [1.29, 1.82) is 0 Å². The van der Waals surface area contributed by atoms with Crippen LogP contribution in [0.4, 0.5) is 0 Å². The number of hydrogen-bond acceptors (Lipinski definition) is 3. The van der Waals surface area contributed by atoms with Crippen LogP contribution >= 0.6 is 0 Å². The Labute approximate surface area is 73.7 Å². The third kappa shape index (κ3) is 2.19. The first kappa shape index (κ1) is 9.96. The van der Waals surface area contributed by atoms with Crippen molar-refractivity contribution in [2.45, 2.75) is 39.1 Å². The number of hydrogen-bond donors (Lipinski definition) is 1. The van der Waals surface area contributed by atoms with Crippen LogP contribution in [-0.4, -0.2) is 30.2 Å². The predicted octanol–water partition coefficient (Wildman–Crippen LogP) is 1.16. The minimum absolute atomic E-state index is 0.138. The summed E-state index contributed by atoms with van der Waals surface area (Å²) in [6, 6.07) is 0. The van der Waals surface area contributed by atoms with Gasteiger partial charge in [-0.2, -0.15) is 0 Å². The molecule has 0 saturated carbocycles. The van der Waals surface area contributed by atoms with E-state index in [1.165, 1.54) is 0 Å². The second kappa shape index (κ2) is 3.73. The topological polar surface area (TPSA) is 38.7 Å². The first-order valence-corrected chi connectivity index (χ1v) is 4.51. The molecule has 1 aliphatic heterocycles. The Hall–Kier alpha value is -0.120. The SMILES string of the molecule is CC[C@H]1OC(C)(C)OC[C@@H]1CO. The zero-order chi connectivity index (χ0) is 9.19. The molecule has 2 atom stereocenters. The van der Waals surface area contributed by atoms with Gasteiger partial charge in [0.2, 0.25) is 0 Å². The second-order valence-corrected chi connectivity index (χ2v) is 3.72. The molecule has 0 aromatic carbocycles. The van der Waals surface area contributed by atoms with E-state index in [2.05, 4.69) is 6.92 Å². The highest BCUT2D eigenvalue weighted by Gasteiger charge is 2.34. The Morgan fingerprint density at radius 1 is 1.50 bits per heavy atom. The van der Waals surface area contributed by atoms with Gasteiger partial charge in [-0.25, -0.2) is 0 Å². The summed E-state index contributed by atoms with van der Waals surface area (Å²) in [5.41, 5.74) is 0. The summed E-state index contributed by atoms with van der Waals surface area (Å²) in [6.07, 6.45) is 1.07. The van der Waals surface area contributed by atoms with Gasteiger partial charge in [0.15, 0.2) is 5.79 Å². The van der Waals surface area contributed by atoms with E-state index in [9.17, 15) is 0 Å². The van der Waals surface area contributed by atoms with E-state index in [4.69, 9.17) is 14.6 Å². The predicted molar refractivity (Wildman–Crippen MR) is 45.8 cm³/mol. The van der Waals surface area contributed by atoms with Crippen LogP contribution in [0.25, 0.3) is 0 Å². The van der Waals surface area contributed by atoms with Crippen molar-refractivity contribution in [3.05, 3.63) is 0 Å². The van der Waals surface area contributed by atoms with E-state index in [-0.39, 0.29) is 18.6 Å². The number of aliphatic hydroxyl groups excluding tert-OH is 1. The molecule has 0 bridgehead atoms. The minimum atomic E-state index is -0.480. The van der Waals surface area contributed by atoms with Gasteiger partial charge in [0.1, 0.15) is 0 Å². The molecule has 1 N–H and O–H groups in total. The van der Waals surface area contributed by atoms with Crippen molar-refractivity contribution >= 4 is 0 Å². The molecule has 0 unspecified atom stereocenters. The van der Waals surface area contributed by atoms with Crippen molar-refractivity contribution in [3.8, 4) is 0 Å². The summed E-state index contributed by atoms with van der Waals surface area (Å²) >= 11 is 0. The summed E-state index contributed by atoms with van der Waals surface area (Å²) < 4.78 is 11.1. The summed E-state index contributed by atoms with van der Waals surface area (Å²) in [7, 11) is 0. The molecule has 72 valence electrons. The number of rotatable bonds is 2. The Balaban J connectivity index is 2.53. The van der Waals surface area contributed by atoms with E-state index in [1.54, 1.807) is 0 Å². The molecule has 1 rings (SSSR count). The van der Waals surface area contributed by atoms with Crippen molar-refractivity contribution in [2.24, 2.45) is 5.92 Å². The van der Waals surface area contributed by atoms with Gasteiger partial charge in [-0.1, -0.05) is 6.92 Å². The van der Waals surface area contributed by atoms with Crippen molar-refractivity contribution in [3.63, 3.8) is 0 Å². The van der Waals surface area contributed by atoms with Gasteiger partial charge in [-0.3, -0.25) is 0 Å². The standard InChI is InChI=1S/C9H18O3/c1-4-8-7(5-10)6-11-9(2,3)12-8/h7-8,10H,4-6H2,1-3H3/t7-,8+/m0/s1. The molecule has 0 aromatic rings. The third-order valence-corrected chi connectivity index (χ3v) is 2.24. The highest BCUT2D eigenvalue weighted by Crippen LogP contribution is 2.27. The van der Waals surface area contributed by atoms with Gasteiger partial charge >= 0.3 is 0 Å². The highest BCUT2D eigenvalue weighted by molar-refractivity contribution is 4.75. The molecule has 0 aromatic heterocycles. The number of aliphatic hydroxyl groups is 1. The van der Waals surface area contributed by atoms with Gasteiger partial charge in [0.05, 0.1) is 19.3 Å². The van der Waals surface area contributed by atoms with Gasteiger partial charge in [0.25, 0.3) is 0 Å². The van der Waals surface area contributed by atoms with Crippen LogP contribution < -0.4 is 0 Å². The Morgan fingerprint density at radius 3 is 2.67 bits per heavy atom. The van der Waals surface area contributed by atoms with Crippen LogP contribution in [0.3, 0.4) is 0 Å². The Bertz CT molecular complexity index is 145. The van der Waals surface area contributed by atoms with Gasteiger partial charge in [-0.15, -0.1) is 0 Å². The molecule has 3 heteroatoms. The molecule has 3 nitrogen and oxygen atoms in total. The minimum Gasteiger partial charge on any atom is -0.396 e. The largest absolute Gasteiger partial charge is 0.396 e. The molecular weight excluding hydrogens is 156 g/mol. The Morgan fingerprint density at radius 2 is 2.17 bits per heavy atom. The maximum Gasteiger partial charge on any atom is 0.163 e. The van der Waals surface area contributed by atoms with Crippen LogP contribution in [0, 0.1) is 5.92 Å². The van der Waals surface area contributed by atoms with Crippen LogP contribution in [0.5, 0.6) is 0 Å². The van der Waals surface area contributed by atoms with Gasteiger partial charge in [-0.05, 0) is 20.3 Å². The van der Waals surface area contributed by atoms with Crippen LogP contribution in [0.1, 0.15) is 27.2 Å². The molecular formula is C9H18O3. The van der Waals surface area contributed by atoms with Crippen LogP contribution in [0.2, 0.25) is 0 Å². The lowest BCUT2D eigenvalue weighted by molar-refractivity contribution is -0.296. The maximum atomic E-state index is 9.00.